The molecule has 2 heterocycles. The van der Waals surface area contributed by atoms with Crippen molar-refractivity contribution in [1.29, 1.82) is 5.26 Å². The molecule has 4 rings (SSSR count). The van der Waals surface area contributed by atoms with E-state index in [1.807, 2.05) is 26.8 Å². The van der Waals surface area contributed by atoms with E-state index in [0.29, 0.717) is 36.5 Å². The number of carbonyl (C=O) groups excluding carboxylic acids is 1. The van der Waals surface area contributed by atoms with Crippen LogP contribution in [0.25, 0.3) is 0 Å². The van der Waals surface area contributed by atoms with Crippen LogP contribution in [-0.4, -0.2) is 5.78 Å². The molecular weight excluding hydrogens is 415 g/mol. The van der Waals surface area contributed by atoms with Crippen molar-refractivity contribution in [3.8, 4) is 11.8 Å². The van der Waals surface area contributed by atoms with Crippen molar-refractivity contribution < 1.29 is 18.7 Å². The van der Waals surface area contributed by atoms with E-state index in [1.165, 1.54) is 23.5 Å². The van der Waals surface area contributed by atoms with Crippen molar-refractivity contribution in [2.75, 3.05) is 0 Å². The zero-order chi connectivity index (χ0) is 22.3. The molecule has 0 radical (unpaired) electrons. The Kier molecular flexibility index (Phi) is 5.36. The minimum absolute atomic E-state index is 0.00772. The standard InChI is InChI=1S/C24H23FN2O3S/c1-13-14(12-29-16-6-4-15(25)5-7-16)8-20(31-13)21-17(11-26)23(27)30-19-10-24(2,3)9-18(28)22(19)21/h4-8,21H,9-10,12,27H2,1-3H3/t21-/m1/s1. The van der Waals surface area contributed by atoms with E-state index < -0.39 is 5.92 Å². The first kappa shape index (κ1) is 21.1. The van der Waals surface area contributed by atoms with E-state index in [2.05, 4.69) is 6.07 Å². The van der Waals surface area contributed by atoms with E-state index in [9.17, 15) is 14.4 Å². The van der Waals surface area contributed by atoms with Gasteiger partial charge in [0.25, 0.3) is 0 Å². The van der Waals surface area contributed by atoms with E-state index >= 15 is 0 Å². The Labute approximate surface area is 184 Å². The number of nitrogens with zero attached hydrogens (tertiary/aromatic N) is 1. The molecule has 2 N–H and O–H groups in total. The Balaban J connectivity index is 1.68. The molecule has 1 aromatic heterocycles. The van der Waals surface area contributed by atoms with Gasteiger partial charge < -0.3 is 15.2 Å². The van der Waals surface area contributed by atoms with Crippen molar-refractivity contribution in [2.45, 2.75) is 46.1 Å². The van der Waals surface area contributed by atoms with Gasteiger partial charge in [0, 0.05) is 33.7 Å². The van der Waals surface area contributed by atoms with E-state index in [1.54, 1.807) is 12.1 Å². The quantitative estimate of drug-likeness (QED) is 0.707. The molecule has 0 fully saturated rings. The molecule has 2 aromatic rings. The highest BCUT2D eigenvalue weighted by atomic mass is 32.1. The lowest BCUT2D eigenvalue weighted by Gasteiger charge is -2.36. The zero-order valence-electron chi connectivity index (χ0n) is 17.6. The molecule has 1 aliphatic carbocycles. The van der Waals surface area contributed by atoms with Crippen LogP contribution in [0.5, 0.6) is 5.75 Å². The fraction of sp³-hybridized carbons (Fsp3) is 0.333. The lowest BCUT2D eigenvalue weighted by atomic mass is 9.71. The molecule has 31 heavy (non-hydrogen) atoms. The largest absolute Gasteiger partial charge is 0.489 e. The number of ether oxygens (including phenoxy) is 2. The Morgan fingerprint density at radius 2 is 2.03 bits per heavy atom. The minimum atomic E-state index is -0.527. The second kappa shape index (κ2) is 7.86. The molecule has 160 valence electrons. The van der Waals surface area contributed by atoms with Crippen LogP contribution in [0.4, 0.5) is 4.39 Å². The second-order valence-electron chi connectivity index (χ2n) is 8.68. The van der Waals surface area contributed by atoms with Gasteiger partial charge in [-0.25, -0.2) is 4.39 Å². The number of allylic oxidation sites excluding steroid dienone is 3. The molecule has 0 amide bonds. The molecule has 1 aliphatic heterocycles. The maximum Gasteiger partial charge on any atom is 0.205 e. The molecule has 7 heteroatoms. The van der Waals surface area contributed by atoms with Gasteiger partial charge in [0.2, 0.25) is 5.88 Å². The van der Waals surface area contributed by atoms with Crippen LogP contribution in [0, 0.1) is 29.5 Å². The van der Waals surface area contributed by atoms with Gasteiger partial charge in [-0.1, -0.05) is 13.8 Å². The third-order valence-electron chi connectivity index (χ3n) is 5.61. The number of hydrogen-bond donors (Lipinski definition) is 1. The highest BCUT2D eigenvalue weighted by Crippen LogP contribution is 2.49. The minimum Gasteiger partial charge on any atom is -0.489 e. The maximum absolute atomic E-state index is 13.1. The molecule has 2 aliphatic rings. The first-order valence-electron chi connectivity index (χ1n) is 10.00. The first-order chi connectivity index (χ1) is 14.7. The van der Waals surface area contributed by atoms with Gasteiger partial charge in [0.05, 0.1) is 5.92 Å². The number of ketones is 1. The Hall–Kier alpha value is -3.11. The molecular formula is C24H23FN2O3S. The van der Waals surface area contributed by atoms with Crippen LogP contribution in [0.2, 0.25) is 0 Å². The number of rotatable bonds is 4. The summed E-state index contributed by atoms with van der Waals surface area (Å²) in [6.07, 6.45) is 0.990. The topological polar surface area (TPSA) is 85.3 Å². The smallest absolute Gasteiger partial charge is 0.205 e. The maximum atomic E-state index is 13.1. The summed E-state index contributed by atoms with van der Waals surface area (Å²) in [5.41, 5.74) is 7.62. The summed E-state index contributed by atoms with van der Waals surface area (Å²) in [5.74, 6) is 0.340. The number of benzene rings is 1. The van der Waals surface area contributed by atoms with Crippen LogP contribution in [0.1, 0.15) is 47.9 Å². The summed E-state index contributed by atoms with van der Waals surface area (Å²) in [4.78, 5) is 14.9. The Morgan fingerprint density at radius 3 is 2.71 bits per heavy atom. The Bertz CT molecular complexity index is 1150. The van der Waals surface area contributed by atoms with Crippen molar-refractivity contribution in [3.63, 3.8) is 0 Å². The van der Waals surface area contributed by atoms with Gasteiger partial charge in [-0.05, 0) is 42.7 Å². The van der Waals surface area contributed by atoms with Gasteiger partial charge in [0.1, 0.15) is 35.6 Å². The lowest BCUT2D eigenvalue weighted by molar-refractivity contribution is -0.119. The number of nitrogens with two attached hydrogens (primary N) is 1. The molecule has 1 atom stereocenters. The predicted molar refractivity (Wildman–Crippen MR) is 115 cm³/mol. The first-order valence-corrected chi connectivity index (χ1v) is 10.8. The van der Waals surface area contributed by atoms with Crippen LogP contribution in [-0.2, 0) is 16.1 Å². The number of aryl methyl sites for hydroxylation is 1. The van der Waals surface area contributed by atoms with Gasteiger partial charge in [-0.15, -0.1) is 11.3 Å². The van der Waals surface area contributed by atoms with Crippen molar-refractivity contribution in [1.82, 2.24) is 0 Å². The normalized spacial score (nSPS) is 20.2. The fourth-order valence-corrected chi connectivity index (χ4v) is 5.25. The average molecular weight is 439 g/mol. The second-order valence-corrected chi connectivity index (χ2v) is 9.96. The number of halogens is 1. The molecule has 5 nitrogen and oxygen atoms in total. The van der Waals surface area contributed by atoms with Gasteiger partial charge in [-0.2, -0.15) is 5.26 Å². The SMILES string of the molecule is Cc1sc([C@H]2C(C#N)=C(N)OC3=C2C(=O)CC(C)(C)C3)cc1COc1ccc(F)cc1. The summed E-state index contributed by atoms with van der Waals surface area (Å²) >= 11 is 1.51. The number of Topliss-reactive ketones (excluding diaryl/α,β-unsaturated/α-hetero) is 1. The summed E-state index contributed by atoms with van der Waals surface area (Å²) in [7, 11) is 0. The number of thiophene rings is 1. The number of nitriles is 1. The van der Waals surface area contributed by atoms with Gasteiger partial charge in [0.15, 0.2) is 5.78 Å². The van der Waals surface area contributed by atoms with E-state index in [4.69, 9.17) is 15.2 Å². The number of carbonyl (C=O) groups is 1. The van der Waals surface area contributed by atoms with Crippen LogP contribution in [0.3, 0.4) is 0 Å². The van der Waals surface area contributed by atoms with Crippen molar-refractivity contribution in [3.05, 3.63) is 74.3 Å². The monoisotopic (exact) mass is 438 g/mol. The van der Waals surface area contributed by atoms with Gasteiger partial charge in [-0.3, -0.25) is 4.79 Å². The molecule has 0 spiro atoms. The highest BCUT2D eigenvalue weighted by molar-refractivity contribution is 7.12. The summed E-state index contributed by atoms with van der Waals surface area (Å²) in [6, 6.07) is 9.96. The summed E-state index contributed by atoms with van der Waals surface area (Å²) < 4.78 is 24.6. The molecule has 0 saturated carbocycles. The van der Waals surface area contributed by atoms with Crippen LogP contribution >= 0.6 is 11.3 Å². The lowest BCUT2D eigenvalue weighted by Crippen LogP contribution is -2.33. The molecule has 1 aromatic carbocycles. The summed E-state index contributed by atoms with van der Waals surface area (Å²) in [6.45, 7) is 6.31. The Morgan fingerprint density at radius 1 is 1.32 bits per heavy atom. The molecule has 0 saturated heterocycles. The zero-order valence-corrected chi connectivity index (χ0v) is 18.4. The predicted octanol–water partition coefficient (Wildman–Crippen LogP) is 5.23. The third kappa shape index (κ3) is 4.08. The van der Waals surface area contributed by atoms with Crippen LogP contribution < -0.4 is 10.5 Å². The highest BCUT2D eigenvalue weighted by Gasteiger charge is 2.43. The van der Waals surface area contributed by atoms with Gasteiger partial charge >= 0.3 is 0 Å². The number of hydrogen-bond acceptors (Lipinski definition) is 6. The van der Waals surface area contributed by atoms with Crippen molar-refractivity contribution in [2.24, 2.45) is 11.1 Å². The van der Waals surface area contributed by atoms with Crippen LogP contribution in [0.15, 0.2) is 53.1 Å². The fourth-order valence-electron chi connectivity index (χ4n) is 4.09. The summed E-state index contributed by atoms with van der Waals surface area (Å²) in [5, 5.41) is 9.77. The average Bonchev–Trinajstić information content (AvgIpc) is 3.06. The van der Waals surface area contributed by atoms with Crippen molar-refractivity contribution >= 4 is 17.1 Å². The van der Waals surface area contributed by atoms with E-state index in [0.717, 1.165) is 15.3 Å². The molecule has 0 unspecified atom stereocenters. The van der Waals surface area contributed by atoms with E-state index in [-0.39, 0.29) is 28.5 Å². The molecule has 0 bridgehead atoms. The third-order valence-corrected chi connectivity index (χ3v) is 6.77.